The summed E-state index contributed by atoms with van der Waals surface area (Å²) in [5, 5.41) is 16.8. The molecular weight excluding hydrogens is 276 g/mol. The Kier molecular flexibility index (Phi) is 2.86. The number of anilines is 1. The van der Waals surface area contributed by atoms with Gasteiger partial charge in [0.25, 0.3) is 0 Å². The van der Waals surface area contributed by atoms with Crippen molar-refractivity contribution in [3.63, 3.8) is 0 Å². The molecule has 0 spiro atoms. The Balaban J connectivity index is 1.89. The van der Waals surface area contributed by atoms with Crippen molar-refractivity contribution >= 4 is 16.7 Å². The predicted octanol–water partition coefficient (Wildman–Crippen LogP) is 2.85. The molecule has 2 N–H and O–H groups in total. The van der Waals surface area contributed by atoms with Crippen molar-refractivity contribution in [2.45, 2.75) is 0 Å². The molecular formula is C16H14N6. The number of fused-ring (bicyclic) bond motifs is 1. The number of H-pyrrole nitrogens is 1. The van der Waals surface area contributed by atoms with E-state index in [0.29, 0.717) is 0 Å². The van der Waals surface area contributed by atoms with Crippen LogP contribution in [0.2, 0.25) is 0 Å². The maximum absolute atomic E-state index is 4.31. The molecule has 6 nitrogen and oxygen atoms in total. The van der Waals surface area contributed by atoms with Gasteiger partial charge in [0.05, 0.1) is 16.9 Å². The molecule has 0 unspecified atom stereocenters. The second-order valence-electron chi connectivity index (χ2n) is 4.90. The van der Waals surface area contributed by atoms with E-state index in [1.54, 1.807) is 6.20 Å². The molecule has 0 radical (unpaired) electrons. The van der Waals surface area contributed by atoms with E-state index >= 15 is 0 Å². The van der Waals surface area contributed by atoms with E-state index in [2.05, 4.69) is 25.6 Å². The zero-order valence-electron chi connectivity index (χ0n) is 12.0. The molecule has 3 heterocycles. The third-order valence-corrected chi connectivity index (χ3v) is 3.65. The first-order chi connectivity index (χ1) is 10.9. The lowest BCUT2D eigenvalue weighted by Gasteiger charge is -2.08. The maximum atomic E-state index is 4.31. The molecule has 0 amide bonds. The third kappa shape index (κ3) is 1.93. The van der Waals surface area contributed by atoms with Crippen molar-refractivity contribution in [2.75, 3.05) is 12.4 Å². The van der Waals surface area contributed by atoms with Crippen LogP contribution in [0.3, 0.4) is 0 Å². The van der Waals surface area contributed by atoms with Gasteiger partial charge in [0.15, 0.2) is 0 Å². The van der Waals surface area contributed by atoms with Crippen molar-refractivity contribution in [1.82, 2.24) is 25.0 Å². The average Bonchev–Trinajstić information content (AvgIpc) is 3.25. The number of aromatic nitrogens is 5. The van der Waals surface area contributed by atoms with Gasteiger partial charge in [-0.2, -0.15) is 5.10 Å². The Morgan fingerprint density at radius 1 is 1.09 bits per heavy atom. The number of rotatable bonds is 3. The highest BCUT2D eigenvalue weighted by atomic mass is 15.3. The molecule has 108 valence electrons. The molecule has 4 aromatic rings. The summed E-state index contributed by atoms with van der Waals surface area (Å²) in [6.07, 6.45) is 5.63. The lowest BCUT2D eigenvalue weighted by molar-refractivity contribution is 0.888. The Morgan fingerprint density at radius 2 is 2.05 bits per heavy atom. The third-order valence-electron chi connectivity index (χ3n) is 3.65. The van der Waals surface area contributed by atoms with Crippen molar-refractivity contribution in [3.8, 4) is 16.9 Å². The molecule has 0 aliphatic heterocycles. The van der Waals surface area contributed by atoms with Gasteiger partial charge in [0.1, 0.15) is 5.82 Å². The molecule has 0 aliphatic carbocycles. The summed E-state index contributed by atoms with van der Waals surface area (Å²) in [5.41, 5.74) is 3.91. The monoisotopic (exact) mass is 290 g/mol. The summed E-state index contributed by atoms with van der Waals surface area (Å²) < 4.78 is 1.86. The molecule has 0 atom stereocenters. The SMILES string of the molecule is CNc1ccc(-c2ccc(-n3cccn3)c3cc[nH]c23)nn1. The van der Waals surface area contributed by atoms with Gasteiger partial charge >= 0.3 is 0 Å². The molecule has 4 rings (SSSR count). The number of benzene rings is 1. The largest absolute Gasteiger partial charge is 0.372 e. The van der Waals surface area contributed by atoms with E-state index in [-0.39, 0.29) is 0 Å². The fourth-order valence-corrected chi connectivity index (χ4v) is 2.57. The van der Waals surface area contributed by atoms with Crippen LogP contribution in [0.1, 0.15) is 0 Å². The Labute approximate surface area is 126 Å². The summed E-state index contributed by atoms with van der Waals surface area (Å²) in [4.78, 5) is 3.29. The average molecular weight is 290 g/mol. The lowest BCUT2D eigenvalue weighted by Crippen LogP contribution is -1.97. The maximum Gasteiger partial charge on any atom is 0.148 e. The van der Waals surface area contributed by atoms with Crippen LogP contribution in [0.25, 0.3) is 27.8 Å². The van der Waals surface area contributed by atoms with Gasteiger partial charge in [-0.15, -0.1) is 10.2 Å². The van der Waals surface area contributed by atoms with E-state index in [9.17, 15) is 0 Å². The highest BCUT2D eigenvalue weighted by molar-refractivity contribution is 5.98. The van der Waals surface area contributed by atoms with E-state index in [4.69, 9.17) is 0 Å². The Hall–Kier alpha value is -3.15. The smallest absolute Gasteiger partial charge is 0.148 e. The topological polar surface area (TPSA) is 71.4 Å². The van der Waals surface area contributed by atoms with Crippen molar-refractivity contribution in [3.05, 3.63) is 55.0 Å². The Bertz CT molecular complexity index is 906. The molecule has 0 aliphatic rings. The van der Waals surface area contributed by atoms with Crippen LogP contribution in [-0.2, 0) is 0 Å². The van der Waals surface area contributed by atoms with Gasteiger partial charge < -0.3 is 10.3 Å². The lowest BCUT2D eigenvalue weighted by atomic mass is 10.1. The summed E-state index contributed by atoms with van der Waals surface area (Å²) in [7, 11) is 1.83. The Morgan fingerprint density at radius 3 is 2.77 bits per heavy atom. The minimum Gasteiger partial charge on any atom is -0.372 e. The number of nitrogens with zero attached hydrogens (tertiary/aromatic N) is 4. The number of hydrogen-bond acceptors (Lipinski definition) is 4. The second kappa shape index (κ2) is 5.00. The van der Waals surface area contributed by atoms with E-state index in [0.717, 1.165) is 33.7 Å². The predicted molar refractivity (Wildman–Crippen MR) is 86.0 cm³/mol. The van der Waals surface area contributed by atoms with Crippen LogP contribution >= 0.6 is 0 Å². The molecule has 1 aromatic carbocycles. The minimum atomic E-state index is 0.750. The molecule has 3 aromatic heterocycles. The highest BCUT2D eigenvalue weighted by Gasteiger charge is 2.11. The van der Waals surface area contributed by atoms with Gasteiger partial charge in [0, 0.05) is 36.6 Å². The van der Waals surface area contributed by atoms with E-state index in [1.165, 1.54) is 0 Å². The first-order valence-electron chi connectivity index (χ1n) is 6.99. The number of nitrogens with one attached hydrogen (secondary N) is 2. The van der Waals surface area contributed by atoms with Gasteiger partial charge in [-0.05, 0) is 36.4 Å². The summed E-state index contributed by atoms with van der Waals surface area (Å²) in [6.45, 7) is 0. The van der Waals surface area contributed by atoms with Gasteiger partial charge in [-0.25, -0.2) is 4.68 Å². The van der Waals surface area contributed by atoms with Gasteiger partial charge in [-0.1, -0.05) is 0 Å². The molecule has 22 heavy (non-hydrogen) atoms. The summed E-state index contributed by atoms with van der Waals surface area (Å²) >= 11 is 0. The molecule has 6 heteroatoms. The fraction of sp³-hybridized carbons (Fsp3) is 0.0625. The van der Waals surface area contributed by atoms with E-state index in [1.807, 2.05) is 60.5 Å². The van der Waals surface area contributed by atoms with Crippen molar-refractivity contribution in [1.29, 1.82) is 0 Å². The van der Waals surface area contributed by atoms with Crippen molar-refractivity contribution < 1.29 is 0 Å². The molecule has 0 saturated carbocycles. The van der Waals surface area contributed by atoms with Crippen LogP contribution in [-0.4, -0.2) is 32.0 Å². The van der Waals surface area contributed by atoms with E-state index < -0.39 is 0 Å². The number of aromatic amines is 1. The van der Waals surface area contributed by atoms with Crippen LogP contribution in [0.4, 0.5) is 5.82 Å². The van der Waals surface area contributed by atoms with Crippen molar-refractivity contribution in [2.24, 2.45) is 0 Å². The second-order valence-corrected chi connectivity index (χ2v) is 4.90. The number of hydrogen-bond donors (Lipinski definition) is 2. The van der Waals surface area contributed by atoms with Gasteiger partial charge in [0.2, 0.25) is 0 Å². The summed E-state index contributed by atoms with van der Waals surface area (Å²) in [6, 6.07) is 11.9. The standard InChI is InChI=1S/C16H14N6/c1-17-15-6-4-13(20-21-15)11-3-5-14(22-10-2-8-19-22)12-7-9-18-16(11)12/h2-10,18H,1H3,(H,17,21). The van der Waals surface area contributed by atoms with Gasteiger partial charge in [-0.3, -0.25) is 0 Å². The molecule has 0 saturated heterocycles. The summed E-state index contributed by atoms with van der Waals surface area (Å²) in [5.74, 6) is 0.750. The van der Waals surface area contributed by atoms with Crippen LogP contribution in [0.15, 0.2) is 55.0 Å². The zero-order chi connectivity index (χ0) is 14.9. The fourth-order valence-electron chi connectivity index (χ4n) is 2.57. The zero-order valence-corrected chi connectivity index (χ0v) is 12.0. The quantitative estimate of drug-likeness (QED) is 0.608. The van der Waals surface area contributed by atoms with Crippen LogP contribution in [0.5, 0.6) is 0 Å². The minimum absolute atomic E-state index is 0.750. The molecule has 0 fully saturated rings. The first kappa shape index (κ1) is 12.6. The van der Waals surface area contributed by atoms with Crippen LogP contribution in [0, 0.1) is 0 Å². The van der Waals surface area contributed by atoms with Crippen LogP contribution < -0.4 is 5.32 Å². The normalized spacial score (nSPS) is 11.0. The highest BCUT2D eigenvalue weighted by Crippen LogP contribution is 2.30. The molecule has 0 bridgehead atoms. The first-order valence-corrected chi connectivity index (χ1v) is 6.99.